The molecule has 276 valence electrons. The summed E-state index contributed by atoms with van der Waals surface area (Å²) in [5.74, 6) is -1.51. The summed E-state index contributed by atoms with van der Waals surface area (Å²) in [7, 11) is 1.64. The Bertz CT molecular complexity index is 1840. The highest BCUT2D eigenvalue weighted by Gasteiger charge is 2.44. The number of hydrogen-bond acceptors (Lipinski definition) is 6. The molecule has 0 bridgehead atoms. The largest absolute Gasteiger partial charge is 0.497 e. The van der Waals surface area contributed by atoms with Crippen LogP contribution in [0.2, 0.25) is 0 Å². The minimum atomic E-state index is -2.72. The molecule has 0 radical (unpaired) electrons. The fourth-order valence-electron chi connectivity index (χ4n) is 8.46. The van der Waals surface area contributed by atoms with E-state index in [0.29, 0.717) is 56.0 Å². The summed E-state index contributed by atoms with van der Waals surface area (Å²) < 4.78 is 60.2. The second kappa shape index (κ2) is 15.1. The van der Waals surface area contributed by atoms with Gasteiger partial charge in [0.2, 0.25) is 11.9 Å². The van der Waals surface area contributed by atoms with Gasteiger partial charge in [0.15, 0.2) is 6.17 Å². The number of ether oxygens (including phenoxy) is 2. The Morgan fingerprint density at radius 1 is 0.904 bits per heavy atom. The van der Waals surface area contributed by atoms with Gasteiger partial charge in [-0.3, -0.25) is 4.98 Å². The Morgan fingerprint density at radius 3 is 2.19 bits per heavy atom. The molecule has 0 N–H and O–H groups in total. The minimum absolute atomic E-state index is 0.0109. The van der Waals surface area contributed by atoms with Gasteiger partial charge in [-0.1, -0.05) is 55.8 Å². The number of nitrogens with zero attached hydrogens (tertiary/aromatic N) is 4. The maximum atomic E-state index is 17.7. The lowest BCUT2D eigenvalue weighted by Crippen LogP contribution is -2.36. The summed E-state index contributed by atoms with van der Waals surface area (Å²) in [6, 6.07) is 15.4. The lowest BCUT2D eigenvalue weighted by atomic mass is 9.68. The zero-order valence-electron chi connectivity index (χ0n) is 30.5. The normalized spacial score (nSPS) is 21.1. The zero-order chi connectivity index (χ0) is 36.6. The van der Waals surface area contributed by atoms with Crippen molar-refractivity contribution in [2.24, 2.45) is 5.41 Å². The van der Waals surface area contributed by atoms with Crippen LogP contribution in [0.25, 0.3) is 0 Å². The number of fused-ring (bicyclic) bond motifs is 1. The van der Waals surface area contributed by atoms with Crippen molar-refractivity contribution < 1.29 is 22.6 Å². The molecule has 52 heavy (non-hydrogen) atoms. The predicted octanol–water partition coefficient (Wildman–Crippen LogP) is 10.9. The quantitative estimate of drug-likeness (QED) is 0.169. The summed E-state index contributed by atoms with van der Waals surface area (Å²) >= 11 is 3.43. The third-order valence-corrected chi connectivity index (χ3v) is 11.7. The second-order valence-electron chi connectivity index (χ2n) is 15.7. The van der Waals surface area contributed by atoms with Gasteiger partial charge in [0.1, 0.15) is 5.75 Å². The molecule has 6 nitrogen and oxygen atoms in total. The third-order valence-electron chi connectivity index (χ3n) is 11.3. The molecule has 7 rings (SSSR count). The molecule has 2 aliphatic carbocycles. The molecule has 3 aliphatic rings. The van der Waals surface area contributed by atoms with Crippen molar-refractivity contribution in [3.63, 3.8) is 0 Å². The smallest absolute Gasteiger partial charge is 0.248 e. The van der Waals surface area contributed by atoms with Crippen LogP contribution in [0, 0.1) is 12.3 Å². The van der Waals surface area contributed by atoms with Crippen molar-refractivity contribution in [2.75, 3.05) is 25.1 Å². The number of benzene rings is 2. The van der Waals surface area contributed by atoms with Crippen molar-refractivity contribution in [1.29, 1.82) is 0 Å². The maximum Gasteiger partial charge on any atom is 0.248 e. The van der Waals surface area contributed by atoms with Crippen molar-refractivity contribution in [3.05, 3.63) is 110 Å². The number of alkyl halides is 3. The number of aryl methyl sites for hydroxylation is 1. The summed E-state index contributed by atoms with van der Waals surface area (Å²) in [6.45, 7) is 8.22. The van der Waals surface area contributed by atoms with Crippen LogP contribution in [0.3, 0.4) is 0 Å². The van der Waals surface area contributed by atoms with E-state index in [0.717, 1.165) is 63.1 Å². The molecule has 2 aromatic heterocycles. The molecule has 0 spiro atoms. The monoisotopic (exact) mass is 776 g/mol. The Morgan fingerprint density at radius 2 is 1.56 bits per heavy atom. The maximum absolute atomic E-state index is 17.7. The van der Waals surface area contributed by atoms with E-state index < -0.39 is 12.1 Å². The Kier molecular flexibility index (Phi) is 10.7. The molecule has 4 aromatic rings. The lowest BCUT2D eigenvalue weighted by molar-refractivity contribution is -0.0390. The highest BCUT2D eigenvalue weighted by molar-refractivity contribution is 9.10. The first-order valence-electron chi connectivity index (χ1n) is 18.5. The molecule has 3 heterocycles. The van der Waals surface area contributed by atoms with Crippen LogP contribution in [-0.4, -0.2) is 41.1 Å². The van der Waals surface area contributed by atoms with Crippen LogP contribution in [-0.2, 0) is 17.8 Å². The van der Waals surface area contributed by atoms with Crippen LogP contribution in [0.4, 0.5) is 19.1 Å². The Labute approximate surface area is 313 Å². The number of piperidine rings is 1. The average molecular weight is 778 g/mol. The molecular weight excluding hydrogens is 729 g/mol. The van der Waals surface area contributed by atoms with E-state index in [1.165, 1.54) is 0 Å². The van der Waals surface area contributed by atoms with Crippen molar-refractivity contribution >= 4 is 21.9 Å². The first-order chi connectivity index (χ1) is 24.9. The van der Waals surface area contributed by atoms with Gasteiger partial charge in [-0.25, -0.2) is 23.1 Å². The van der Waals surface area contributed by atoms with Crippen molar-refractivity contribution in [2.45, 2.75) is 109 Å². The molecule has 2 atom stereocenters. The lowest BCUT2D eigenvalue weighted by Gasteiger charge is -2.42. The van der Waals surface area contributed by atoms with Gasteiger partial charge in [-0.2, -0.15) is 0 Å². The molecule has 1 saturated heterocycles. The van der Waals surface area contributed by atoms with Crippen LogP contribution in [0.5, 0.6) is 5.75 Å². The fourth-order valence-corrected chi connectivity index (χ4v) is 8.66. The van der Waals surface area contributed by atoms with Gasteiger partial charge in [-0.05, 0) is 102 Å². The minimum Gasteiger partial charge on any atom is -0.497 e. The van der Waals surface area contributed by atoms with Crippen LogP contribution in [0.15, 0.2) is 65.4 Å². The number of halogens is 4. The van der Waals surface area contributed by atoms with E-state index in [4.69, 9.17) is 14.5 Å². The highest BCUT2D eigenvalue weighted by Crippen LogP contribution is 2.53. The first kappa shape index (κ1) is 36.8. The van der Waals surface area contributed by atoms with Gasteiger partial charge in [0.25, 0.3) is 0 Å². The zero-order valence-corrected chi connectivity index (χ0v) is 32.1. The summed E-state index contributed by atoms with van der Waals surface area (Å²) in [5, 5.41) is 0. The summed E-state index contributed by atoms with van der Waals surface area (Å²) in [4.78, 5) is 16.7. The molecule has 2 fully saturated rings. The highest BCUT2D eigenvalue weighted by atomic mass is 79.9. The SMILES string of the molecule is COc1ccc(CO[C@H]2CC(C)(C)Cc3nc(C4CCN(c5ncc(Br)cn5)CC4)c([C@@H](F)c4ccc(C)cc4)c(C4CCC(F)(F)CC4)c32)cc1. The predicted molar refractivity (Wildman–Crippen MR) is 201 cm³/mol. The van der Waals surface area contributed by atoms with Gasteiger partial charge in [0.05, 0.1) is 30.0 Å². The van der Waals surface area contributed by atoms with E-state index in [9.17, 15) is 8.78 Å². The molecule has 1 saturated carbocycles. The van der Waals surface area contributed by atoms with E-state index in [1.807, 2.05) is 55.5 Å². The molecule has 1 aliphatic heterocycles. The van der Waals surface area contributed by atoms with Gasteiger partial charge >= 0.3 is 0 Å². The fraction of sp³-hybridized carbons (Fsp3) is 0.500. The number of aromatic nitrogens is 3. The number of anilines is 1. The van der Waals surface area contributed by atoms with Crippen molar-refractivity contribution in [3.8, 4) is 5.75 Å². The van der Waals surface area contributed by atoms with Crippen LogP contribution < -0.4 is 9.64 Å². The van der Waals surface area contributed by atoms with Gasteiger partial charge in [0, 0.05) is 61.1 Å². The Balaban J connectivity index is 1.35. The van der Waals surface area contributed by atoms with Crippen LogP contribution >= 0.6 is 15.9 Å². The molecule has 0 unspecified atom stereocenters. The standard InChI is InChI=1S/C42H48BrF3N4O2/c1-26-5-9-29(10-6-26)38(44)37-35(28-13-17-42(45,46)18-14-28)36-33(21-41(2,3)22-34(36)52-25-27-7-11-32(51-4)12-8-27)49-39(37)30-15-19-50(20-16-30)40-47-23-31(43)24-48-40/h5-12,23-24,28,30,34,38H,13-22,25H2,1-4H3/t34-,38-/m0/s1. The summed E-state index contributed by atoms with van der Waals surface area (Å²) in [6.07, 6.45) is 4.79. The first-order valence-corrected chi connectivity index (χ1v) is 19.3. The van der Waals surface area contributed by atoms with Crippen LogP contribution in [0.1, 0.15) is 128 Å². The van der Waals surface area contributed by atoms with Gasteiger partial charge < -0.3 is 14.4 Å². The van der Waals surface area contributed by atoms with E-state index in [1.54, 1.807) is 19.5 Å². The molecule has 0 amide bonds. The Hall–Kier alpha value is -3.50. The molecule has 10 heteroatoms. The van der Waals surface area contributed by atoms with E-state index in [2.05, 4.69) is 44.6 Å². The topological polar surface area (TPSA) is 60.4 Å². The van der Waals surface area contributed by atoms with E-state index in [-0.39, 0.29) is 36.2 Å². The number of pyridine rings is 1. The number of hydrogen-bond donors (Lipinski definition) is 0. The van der Waals surface area contributed by atoms with Crippen molar-refractivity contribution in [1.82, 2.24) is 15.0 Å². The number of rotatable bonds is 9. The summed E-state index contributed by atoms with van der Waals surface area (Å²) in [5.41, 5.74) is 6.56. The number of methoxy groups -OCH3 is 1. The third kappa shape index (κ3) is 8.03. The van der Waals surface area contributed by atoms with Gasteiger partial charge in [-0.15, -0.1) is 0 Å². The average Bonchev–Trinajstić information content (AvgIpc) is 3.13. The molecule has 2 aromatic carbocycles. The molecular formula is C42H48BrF3N4O2. The van der Waals surface area contributed by atoms with E-state index >= 15 is 4.39 Å². The second-order valence-corrected chi connectivity index (χ2v) is 16.7.